The summed E-state index contributed by atoms with van der Waals surface area (Å²) in [5.74, 6) is 0.159. The van der Waals surface area contributed by atoms with E-state index in [0.29, 0.717) is 13.1 Å². The smallest absolute Gasteiger partial charge is 0.212 e. The maximum atomic E-state index is 11.6. The second kappa shape index (κ2) is 3.90. The molecule has 0 radical (unpaired) electrons. The van der Waals surface area contributed by atoms with Crippen molar-refractivity contribution in [2.45, 2.75) is 19.4 Å². The summed E-state index contributed by atoms with van der Waals surface area (Å²) in [5, 5.41) is 8.05. The van der Waals surface area contributed by atoms with E-state index in [2.05, 4.69) is 10.2 Å². The first-order valence-electron chi connectivity index (χ1n) is 4.97. The Balaban J connectivity index is 2.08. The average molecular weight is 230 g/mol. The van der Waals surface area contributed by atoms with E-state index in [0.717, 1.165) is 6.42 Å². The third kappa shape index (κ3) is 2.03. The normalized spacial score (nSPS) is 23.4. The minimum absolute atomic E-state index is 0.0846. The lowest BCUT2D eigenvalue weighted by Gasteiger charge is -2.14. The molecule has 1 aliphatic rings. The summed E-state index contributed by atoms with van der Waals surface area (Å²) in [6.07, 6.45) is 4.00. The Morgan fingerprint density at radius 1 is 1.40 bits per heavy atom. The van der Waals surface area contributed by atoms with Gasteiger partial charge in [0.15, 0.2) is 0 Å². The fraction of sp³-hybridized carbons (Fsp3) is 0.750. The van der Waals surface area contributed by atoms with Gasteiger partial charge in [0, 0.05) is 13.1 Å². The number of aromatic nitrogens is 3. The maximum absolute atomic E-state index is 11.6. The number of rotatable bonds is 3. The van der Waals surface area contributed by atoms with Crippen molar-refractivity contribution in [2.24, 2.45) is 0 Å². The summed E-state index contributed by atoms with van der Waals surface area (Å²) in [6.45, 7) is 2.72. The van der Waals surface area contributed by atoms with Crippen molar-refractivity contribution >= 4 is 10.0 Å². The van der Waals surface area contributed by atoms with Crippen molar-refractivity contribution in [2.75, 3.05) is 18.8 Å². The zero-order valence-corrected chi connectivity index (χ0v) is 9.39. The fourth-order valence-corrected chi connectivity index (χ4v) is 2.90. The van der Waals surface area contributed by atoms with Gasteiger partial charge in [0.25, 0.3) is 0 Å². The molecule has 0 amide bonds. The van der Waals surface area contributed by atoms with E-state index in [-0.39, 0.29) is 11.8 Å². The minimum Gasteiger partial charge on any atom is -0.212 e. The molecule has 0 spiro atoms. The van der Waals surface area contributed by atoms with Gasteiger partial charge in [0.2, 0.25) is 10.0 Å². The minimum atomic E-state index is -3.06. The van der Waals surface area contributed by atoms with E-state index >= 15 is 0 Å². The molecule has 1 atom stereocenters. The van der Waals surface area contributed by atoms with Crippen molar-refractivity contribution in [1.82, 2.24) is 19.3 Å². The summed E-state index contributed by atoms with van der Waals surface area (Å²) in [6, 6.07) is 0.0846. The van der Waals surface area contributed by atoms with Crippen LogP contribution in [-0.4, -0.2) is 46.6 Å². The van der Waals surface area contributed by atoms with Crippen LogP contribution in [0.15, 0.2) is 12.4 Å². The Morgan fingerprint density at radius 3 is 2.67 bits per heavy atom. The van der Waals surface area contributed by atoms with E-state index in [9.17, 15) is 8.42 Å². The molecule has 15 heavy (non-hydrogen) atoms. The van der Waals surface area contributed by atoms with Crippen LogP contribution in [0.1, 0.15) is 19.4 Å². The van der Waals surface area contributed by atoms with Crippen LogP contribution in [-0.2, 0) is 10.0 Å². The molecular formula is C8H14N4O2S. The SMILES string of the molecule is CCS(=O)(=O)N1CCC(n2nccn2)C1. The van der Waals surface area contributed by atoms with Crippen LogP contribution in [0.4, 0.5) is 0 Å². The van der Waals surface area contributed by atoms with Gasteiger partial charge in [0.05, 0.1) is 24.2 Å². The molecule has 0 saturated carbocycles. The molecule has 0 N–H and O–H groups in total. The summed E-state index contributed by atoms with van der Waals surface area (Å²) in [5.41, 5.74) is 0. The largest absolute Gasteiger partial charge is 0.213 e. The van der Waals surface area contributed by atoms with Gasteiger partial charge >= 0.3 is 0 Å². The van der Waals surface area contributed by atoms with E-state index in [1.54, 1.807) is 24.1 Å². The Morgan fingerprint density at radius 2 is 2.07 bits per heavy atom. The quantitative estimate of drug-likeness (QED) is 0.725. The van der Waals surface area contributed by atoms with Crippen LogP contribution < -0.4 is 0 Å². The molecule has 84 valence electrons. The van der Waals surface area contributed by atoms with Crippen molar-refractivity contribution in [3.8, 4) is 0 Å². The number of hydrogen-bond acceptors (Lipinski definition) is 4. The van der Waals surface area contributed by atoms with E-state index < -0.39 is 10.0 Å². The second-order valence-corrected chi connectivity index (χ2v) is 5.81. The highest BCUT2D eigenvalue weighted by Crippen LogP contribution is 2.22. The predicted molar refractivity (Wildman–Crippen MR) is 54.7 cm³/mol. The van der Waals surface area contributed by atoms with E-state index in [1.807, 2.05) is 0 Å². The highest BCUT2D eigenvalue weighted by molar-refractivity contribution is 7.89. The fourth-order valence-electron chi connectivity index (χ4n) is 1.75. The summed E-state index contributed by atoms with van der Waals surface area (Å²) in [7, 11) is -3.06. The van der Waals surface area contributed by atoms with Crippen molar-refractivity contribution in [3.63, 3.8) is 0 Å². The molecule has 7 heteroatoms. The first-order valence-corrected chi connectivity index (χ1v) is 6.58. The molecule has 1 aliphatic heterocycles. The van der Waals surface area contributed by atoms with Gasteiger partial charge < -0.3 is 0 Å². The van der Waals surface area contributed by atoms with Gasteiger partial charge in [-0.1, -0.05) is 0 Å². The van der Waals surface area contributed by atoms with Gasteiger partial charge in [-0.15, -0.1) is 0 Å². The Kier molecular flexibility index (Phi) is 2.74. The molecule has 6 nitrogen and oxygen atoms in total. The highest BCUT2D eigenvalue weighted by Gasteiger charge is 2.31. The molecule has 1 fully saturated rings. The van der Waals surface area contributed by atoms with E-state index in [4.69, 9.17) is 0 Å². The average Bonchev–Trinajstić information content (AvgIpc) is 2.88. The van der Waals surface area contributed by atoms with Crippen LogP contribution in [0.3, 0.4) is 0 Å². The third-order valence-electron chi connectivity index (χ3n) is 2.65. The number of hydrogen-bond donors (Lipinski definition) is 0. The first-order chi connectivity index (χ1) is 7.13. The molecule has 2 heterocycles. The van der Waals surface area contributed by atoms with Crippen LogP contribution in [0, 0.1) is 0 Å². The lowest BCUT2D eigenvalue weighted by molar-refractivity contribution is 0.403. The summed E-state index contributed by atoms with van der Waals surface area (Å²) in [4.78, 5) is 1.59. The van der Waals surface area contributed by atoms with Gasteiger partial charge in [-0.05, 0) is 13.3 Å². The summed E-state index contributed by atoms with van der Waals surface area (Å²) < 4.78 is 24.7. The highest BCUT2D eigenvalue weighted by atomic mass is 32.2. The zero-order valence-electron chi connectivity index (χ0n) is 8.57. The molecule has 1 aromatic rings. The van der Waals surface area contributed by atoms with Crippen LogP contribution in [0.5, 0.6) is 0 Å². The van der Waals surface area contributed by atoms with Crippen LogP contribution in [0.25, 0.3) is 0 Å². The molecule has 1 aromatic heterocycles. The monoisotopic (exact) mass is 230 g/mol. The van der Waals surface area contributed by atoms with Crippen molar-refractivity contribution < 1.29 is 8.42 Å². The Hall–Kier alpha value is -0.950. The molecule has 0 bridgehead atoms. The molecule has 2 rings (SSSR count). The standard InChI is InChI=1S/C8H14N4O2S/c1-2-15(13,14)11-6-3-8(7-11)12-9-4-5-10-12/h4-5,8H,2-3,6-7H2,1H3. The Labute approximate surface area is 88.9 Å². The lowest BCUT2D eigenvalue weighted by Crippen LogP contribution is -2.30. The number of nitrogens with zero attached hydrogens (tertiary/aromatic N) is 4. The maximum Gasteiger partial charge on any atom is 0.213 e. The first kappa shape index (κ1) is 10.6. The van der Waals surface area contributed by atoms with Gasteiger partial charge in [-0.2, -0.15) is 19.3 Å². The lowest BCUT2D eigenvalue weighted by atomic mass is 10.3. The molecule has 0 aliphatic carbocycles. The second-order valence-electron chi connectivity index (χ2n) is 3.55. The molecule has 1 saturated heterocycles. The molecule has 1 unspecified atom stereocenters. The van der Waals surface area contributed by atoms with Gasteiger partial charge in [-0.3, -0.25) is 0 Å². The predicted octanol–water partition coefficient (Wildman–Crippen LogP) is -0.125. The number of sulfonamides is 1. The topological polar surface area (TPSA) is 68.1 Å². The van der Waals surface area contributed by atoms with Crippen molar-refractivity contribution in [3.05, 3.63) is 12.4 Å². The summed E-state index contributed by atoms with van der Waals surface area (Å²) >= 11 is 0. The van der Waals surface area contributed by atoms with E-state index in [1.165, 1.54) is 4.31 Å². The third-order valence-corrected chi connectivity index (χ3v) is 4.50. The van der Waals surface area contributed by atoms with Gasteiger partial charge in [0.1, 0.15) is 0 Å². The van der Waals surface area contributed by atoms with Crippen molar-refractivity contribution in [1.29, 1.82) is 0 Å². The van der Waals surface area contributed by atoms with Crippen LogP contribution in [0.2, 0.25) is 0 Å². The molecule has 0 aromatic carbocycles. The Bertz CT molecular complexity index is 414. The zero-order chi connectivity index (χ0) is 10.9. The molecular weight excluding hydrogens is 216 g/mol. The van der Waals surface area contributed by atoms with Crippen LogP contribution >= 0.6 is 0 Å². The van der Waals surface area contributed by atoms with Gasteiger partial charge in [-0.25, -0.2) is 8.42 Å².